The Bertz CT molecular complexity index is 229. The lowest BCUT2D eigenvalue weighted by atomic mass is 10.0. The first kappa shape index (κ1) is 12.5. The number of aliphatic carboxylic acids is 1. The predicted octanol–water partition coefficient (Wildman–Crippen LogP) is 0.923. The monoisotopic (exact) mass is 214 g/mol. The van der Waals surface area contributed by atoms with Gasteiger partial charge in [-0.3, -0.25) is 9.69 Å². The molecule has 1 fully saturated rings. The molecule has 1 unspecified atom stereocenters. The van der Waals surface area contributed by atoms with Gasteiger partial charge in [-0.15, -0.1) is 0 Å². The third-order valence-electron chi connectivity index (χ3n) is 3.22. The summed E-state index contributed by atoms with van der Waals surface area (Å²) in [4.78, 5) is 13.3. The number of rotatable bonds is 5. The molecule has 0 aliphatic carbocycles. The molecule has 0 amide bonds. The van der Waals surface area contributed by atoms with Crippen molar-refractivity contribution in [2.75, 3.05) is 19.6 Å². The van der Waals surface area contributed by atoms with Crippen LogP contribution in [0.5, 0.6) is 0 Å². The molecule has 1 heterocycles. The van der Waals surface area contributed by atoms with Crippen LogP contribution in [0.3, 0.4) is 0 Å². The average Bonchev–Trinajstić information content (AvgIpc) is 2.45. The molecule has 4 nitrogen and oxygen atoms in total. The molecule has 4 heteroatoms. The summed E-state index contributed by atoms with van der Waals surface area (Å²) in [5.41, 5.74) is 0.156. The molecule has 0 aromatic heterocycles. The Labute approximate surface area is 91.6 Å². The molecule has 1 atom stereocenters. The van der Waals surface area contributed by atoms with Crippen molar-refractivity contribution in [2.45, 2.75) is 45.2 Å². The molecular formula is C11H22N2O2. The van der Waals surface area contributed by atoms with E-state index < -0.39 is 12.0 Å². The first-order chi connectivity index (χ1) is 6.97. The first-order valence-electron chi connectivity index (χ1n) is 5.68. The Balaban J connectivity index is 2.54. The van der Waals surface area contributed by atoms with Gasteiger partial charge in [0.2, 0.25) is 0 Å². The number of hydrogen-bond donors (Lipinski definition) is 2. The zero-order chi connectivity index (χ0) is 11.5. The van der Waals surface area contributed by atoms with Gasteiger partial charge in [0, 0.05) is 12.1 Å². The van der Waals surface area contributed by atoms with E-state index in [0.717, 1.165) is 13.0 Å². The Kier molecular flexibility index (Phi) is 4.11. The van der Waals surface area contributed by atoms with E-state index >= 15 is 0 Å². The van der Waals surface area contributed by atoms with Crippen molar-refractivity contribution in [3.8, 4) is 0 Å². The largest absolute Gasteiger partial charge is 0.480 e. The zero-order valence-electron chi connectivity index (χ0n) is 9.92. The van der Waals surface area contributed by atoms with E-state index in [9.17, 15) is 4.79 Å². The minimum Gasteiger partial charge on any atom is -0.480 e. The van der Waals surface area contributed by atoms with Gasteiger partial charge in [0.15, 0.2) is 0 Å². The van der Waals surface area contributed by atoms with Gasteiger partial charge in [-0.1, -0.05) is 6.92 Å². The maximum atomic E-state index is 11.0. The predicted molar refractivity (Wildman–Crippen MR) is 60.0 cm³/mol. The van der Waals surface area contributed by atoms with Gasteiger partial charge in [0.25, 0.3) is 0 Å². The van der Waals surface area contributed by atoms with Gasteiger partial charge >= 0.3 is 5.97 Å². The highest BCUT2D eigenvalue weighted by Crippen LogP contribution is 2.27. The molecular weight excluding hydrogens is 192 g/mol. The summed E-state index contributed by atoms with van der Waals surface area (Å²) < 4.78 is 0. The van der Waals surface area contributed by atoms with E-state index in [2.05, 4.69) is 24.1 Å². The molecule has 1 aliphatic rings. The maximum absolute atomic E-state index is 11.0. The van der Waals surface area contributed by atoms with Gasteiger partial charge < -0.3 is 10.4 Å². The fraction of sp³-hybridized carbons (Fsp3) is 0.909. The molecule has 1 aliphatic heterocycles. The summed E-state index contributed by atoms with van der Waals surface area (Å²) >= 11 is 0. The summed E-state index contributed by atoms with van der Waals surface area (Å²) in [6.07, 6.45) is 2.33. The molecule has 1 saturated heterocycles. The Morgan fingerprint density at radius 3 is 2.67 bits per heavy atom. The second-order valence-corrected chi connectivity index (χ2v) is 4.81. The highest BCUT2D eigenvalue weighted by molar-refractivity contribution is 5.73. The Hall–Kier alpha value is -0.610. The van der Waals surface area contributed by atoms with E-state index in [-0.39, 0.29) is 5.54 Å². The number of carboxylic acid groups (broad SMARTS) is 1. The van der Waals surface area contributed by atoms with Crippen molar-refractivity contribution in [1.82, 2.24) is 10.2 Å². The molecule has 15 heavy (non-hydrogen) atoms. The standard InChI is InChI=1S/C11H22N2O2/c1-4-12-9(10(14)15)8-13-7-5-6-11(13,2)3/h9,12H,4-8H2,1-3H3,(H,14,15). The number of hydrogen-bond acceptors (Lipinski definition) is 3. The normalized spacial score (nSPS) is 22.9. The first-order valence-corrected chi connectivity index (χ1v) is 5.68. The van der Waals surface area contributed by atoms with Crippen LogP contribution in [-0.4, -0.2) is 47.2 Å². The molecule has 0 radical (unpaired) electrons. The van der Waals surface area contributed by atoms with Crippen molar-refractivity contribution in [3.63, 3.8) is 0 Å². The SMILES string of the molecule is CCNC(CN1CCCC1(C)C)C(=O)O. The highest BCUT2D eigenvalue weighted by Gasteiger charge is 2.34. The van der Waals surface area contributed by atoms with Crippen LogP contribution in [0.4, 0.5) is 0 Å². The Morgan fingerprint density at radius 1 is 1.60 bits per heavy atom. The van der Waals surface area contributed by atoms with Crippen LogP contribution >= 0.6 is 0 Å². The number of likely N-dealkylation sites (N-methyl/N-ethyl adjacent to an activating group) is 1. The third-order valence-corrected chi connectivity index (χ3v) is 3.22. The number of nitrogens with zero attached hydrogens (tertiary/aromatic N) is 1. The number of carbonyl (C=O) groups is 1. The molecule has 0 aromatic rings. The van der Waals surface area contributed by atoms with Gasteiger partial charge in [-0.2, -0.15) is 0 Å². The minimum absolute atomic E-state index is 0.156. The zero-order valence-corrected chi connectivity index (χ0v) is 9.92. The fourth-order valence-corrected chi connectivity index (χ4v) is 2.20. The average molecular weight is 214 g/mol. The maximum Gasteiger partial charge on any atom is 0.322 e. The number of likely N-dealkylation sites (tertiary alicyclic amines) is 1. The smallest absolute Gasteiger partial charge is 0.322 e. The van der Waals surface area contributed by atoms with Crippen LogP contribution in [0.1, 0.15) is 33.6 Å². The van der Waals surface area contributed by atoms with Gasteiger partial charge in [0.05, 0.1) is 0 Å². The van der Waals surface area contributed by atoms with Crippen molar-refractivity contribution < 1.29 is 9.90 Å². The van der Waals surface area contributed by atoms with Crippen LogP contribution in [0.2, 0.25) is 0 Å². The van der Waals surface area contributed by atoms with E-state index in [1.165, 1.54) is 6.42 Å². The molecule has 0 spiro atoms. The molecule has 2 N–H and O–H groups in total. The highest BCUT2D eigenvalue weighted by atomic mass is 16.4. The summed E-state index contributed by atoms with van der Waals surface area (Å²) in [7, 11) is 0. The van der Waals surface area contributed by atoms with Gasteiger partial charge in [-0.25, -0.2) is 0 Å². The lowest BCUT2D eigenvalue weighted by Crippen LogP contribution is -2.50. The second kappa shape index (κ2) is 4.94. The van der Waals surface area contributed by atoms with Gasteiger partial charge in [-0.05, 0) is 39.8 Å². The van der Waals surface area contributed by atoms with Crippen molar-refractivity contribution in [1.29, 1.82) is 0 Å². The summed E-state index contributed by atoms with van der Waals surface area (Å²) in [6, 6.07) is -0.438. The topological polar surface area (TPSA) is 52.6 Å². The summed E-state index contributed by atoms with van der Waals surface area (Å²) in [5.74, 6) is -0.750. The molecule has 0 bridgehead atoms. The van der Waals surface area contributed by atoms with Crippen LogP contribution in [0.25, 0.3) is 0 Å². The van der Waals surface area contributed by atoms with Crippen molar-refractivity contribution in [3.05, 3.63) is 0 Å². The minimum atomic E-state index is -0.750. The van der Waals surface area contributed by atoms with Crippen LogP contribution < -0.4 is 5.32 Å². The molecule has 0 saturated carbocycles. The van der Waals surface area contributed by atoms with Crippen LogP contribution in [0.15, 0.2) is 0 Å². The lowest BCUT2D eigenvalue weighted by molar-refractivity contribution is -0.140. The lowest BCUT2D eigenvalue weighted by Gasteiger charge is -2.33. The summed E-state index contributed by atoms with van der Waals surface area (Å²) in [6.45, 7) is 8.63. The molecule has 0 aromatic carbocycles. The number of carboxylic acids is 1. The van der Waals surface area contributed by atoms with E-state index in [1.807, 2.05) is 6.92 Å². The van der Waals surface area contributed by atoms with Gasteiger partial charge in [0.1, 0.15) is 6.04 Å². The van der Waals surface area contributed by atoms with Crippen molar-refractivity contribution >= 4 is 5.97 Å². The van der Waals surface area contributed by atoms with Crippen LogP contribution in [-0.2, 0) is 4.79 Å². The Morgan fingerprint density at radius 2 is 2.27 bits per heavy atom. The van der Waals surface area contributed by atoms with E-state index in [0.29, 0.717) is 13.1 Å². The number of nitrogens with one attached hydrogen (secondary N) is 1. The molecule has 1 rings (SSSR count). The van der Waals surface area contributed by atoms with Crippen molar-refractivity contribution in [2.24, 2.45) is 0 Å². The quantitative estimate of drug-likeness (QED) is 0.714. The van der Waals surface area contributed by atoms with Crippen LogP contribution in [0, 0.1) is 0 Å². The van der Waals surface area contributed by atoms with E-state index in [4.69, 9.17) is 5.11 Å². The fourth-order valence-electron chi connectivity index (χ4n) is 2.20. The third kappa shape index (κ3) is 3.18. The second-order valence-electron chi connectivity index (χ2n) is 4.81. The van der Waals surface area contributed by atoms with E-state index in [1.54, 1.807) is 0 Å². The molecule has 88 valence electrons. The summed E-state index contributed by atoms with van der Waals surface area (Å²) in [5, 5.41) is 12.1.